The molecule has 2 rings (SSSR count). The highest BCUT2D eigenvalue weighted by Crippen LogP contribution is 2.31. The smallest absolute Gasteiger partial charge is 0.356 e. The van der Waals surface area contributed by atoms with Crippen LogP contribution in [0, 0.1) is 6.92 Å². The first-order chi connectivity index (χ1) is 11.8. The standard InChI is InChI=1S/C18H23F3N4/c1-4-9-25(10-5-2)16-11-13(3)22-17(24-16)23-15-8-6-7-14(12-15)18(19,20)21/h6-8,11-12H,4-5,9-10H2,1-3H3,(H,22,23,24). The van der Waals surface area contributed by atoms with Gasteiger partial charge in [-0.25, -0.2) is 4.98 Å². The average molecular weight is 352 g/mol. The molecule has 0 aliphatic carbocycles. The number of nitrogens with one attached hydrogen (secondary N) is 1. The van der Waals surface area contributed by atoms with Crippen molar-refractivity contribution in [2.24, 2.45) is 0 Å². The summed E-state index contributed by atoms with van der Waals surface area (Å²) in [5.74, 6) is 1.08. The van der Waals surface area contributed by atoms with Crippen molar-refractivity contribution < 1.29 is 13.2 Å². The summed E-state index contributed by atoms with van der Waals surface area (Å²) in [6.07, 6.45) is -2.41. The van der Waals surface area contributed by atoms with Crippen LogP contribution in [0.3, 0.4) is 0 Å². The van der Waals surface area contributed by atoms with E-state index in [-0.39, 0.29) is 0 Å². The van der Waals surface area contributed by atoms with E-state index in [0.29, 0.717) is 11.6 Å². The van der Waals surface area contributed by atoms with Crippen LogP contribution in [0.1, 0.15) is 37.9 Å². The van der Waals surface area contributed by atoms with Gasteiger partial charge >= 0.3 is 6.18 Å². The number of aryl methyl sites for hydroxylation is 1. The van der Waals surface area contributed by atoms with Crippen molar-refractivity contribution in [3.63, 3.8) is 0 Å². The lowest BCUT2D eigenvalue weighted by Crippen LogP contribution is -2.26. The van der Waals surface area contributed by atoms with Gasteiger partial charge in [-0.1, -0.05) is 19.9 Å². The highest BCUT2D eigenvalue weighted by atomic mass is 19.4. The number of benzene rings is 1. The van der Waals surface area contributed by atoms with Gasteiger partial charge in [-0.3, -0.25) is 0 Å². The van der Waals surface area contributed by atoms with E-state index in [4.69, 9.17) is 0 Å². The molecule has 0 aliphatic heterocycles. The second-order valence-corrected chi connectivity index (χ2v) is 5.88. The predicted molar refractivity (Wildman–Crippen MR) is 94.3 cm³/mol. The molecule has 0 unspecified atom stereocenters. The zero-order valence-electron chi connectivity index (χ0n) is 14.7. The molecule has 0 fully saturated rings. The number of anilines is 3. The highest BCUT2D eigenvalue weighted by molar-refractivity contribution is 5.57. The monoisotopic (exact) mass is 352 g/mol. The van der Waals surface area contributed by atoms with Gasteiger partial charge in [-0.05, 0) is 38.0 Å². The third kappa shape index (κ3) is 5.34. The van der Waals surface area contributed by atoms with Crippen LogP contribution in [0.15, 0.2) is 30.3 Å². The van der Waals surface area contributed by atoms with Crippen LogP contribution in [-0.4, -0.2) is 23.1 Å². The van der Waals surface area contributed by atoms with Crippen molar-refractivity contribution in [1.82, 2.24) is 9.97 Å². The van der Waals surface area contributed by atoms with E-state index >= 15 is 0 Å². The molecule has 2 aromatic rings. The molecule has 0 amide bonds. The molecule has 1 heterocycles. The summed E-state index contributed by atoms with van der Waals surface area (Å²) in [7, 11) is 0. The number of halogens is 3. The van der Waals surface area contributed by atoms with Crippen molar-refractivity contribution in [3.05, 3.63) is 41.6 Å². The summed E-state index contributed by atoms with van der Waals surface area (Å²) in [6.45, 7) is 7.77. The normalized spacial score (nSPS) is 11.4. The molecule has 4 nitrogen and oxygen atoms in total. The maximum absolute atomic E-state index is 12.8. The molecule has 1 aromatic carbocycles. The minimum absolute atomic E-state index is 0.298. The fourth-order valence-corrected chi connectivity index (χ4v) is 2.55. The molecule has 136 valence electrons. The molecule has 1 aromatic heterocycles. The lowest BCUT2D eigenvalue weighted by atomic mass is 10.2. The zero-order valence-corrected chi connectivity index (χ0v) is 14.7. The van der Waals surface area contributed by atoms with Gasteiger partial charge < -0.3 is 10.2 Å². The topological polar surface area (TPSA) is 41.1 Å². The molecule has 0 radical (unpaired) electrons. The van der Waals surface area contributed by atoms with Crippen LogP contribution in [0.25, 0.3) is 0 Å². The first-order valence-corrected chi connectivity index (χ1v) is 8.38. The summed E-state index contributed by atoms with van der Waals surface area (Å²) < 4.78 is 38.5. The number of hydrogen-bond acceptors (Lipinski definition) is 4. The second-order valence-electron chi connectivity index (χ2n) is 5.88. The maximum Gasteiger partial charge on any atom is 0.416 e. The van der Waals surface area contributed by atoms with Gasteiger partial charge in [0.25, 0.3) is 0 Å². The molecule has 0 saturated heterocycles. The van der Waals surface area contributed by atoms with Gasteiger partial charge in [0.1, 0.15) is 5.82 Å². The van der Waals surface area contributed by atoms with Crippen molar-refractivity contribution in [3.8, 4) is 0 Å². The van der Waals surface area contributed by atoms with Crippen LogP contribution in [-0.2, 0) is 6.18 Å². The van der Waals surface area contributed by atoms with Gasteiger partial charge in [0.05, 0.1) is 5.56 Å². The summed E-state index contributed by atoms with van der Waals surface area (Å²) in [5, 5.41) is 2.89. The lowest BCUT2D eigenvalue weighted by molar-refractivity contribution is -0.137. The van der Waals surface area contributed by atoms with E-state index in [1.54, 1.807) is 6.07 Å². The molecule has 1 N–H and O–H groups in total. The molecule has 0 saturated carbocycles. The van der Waals surface area contributed by atoms with E-state index in [1.807, 2.05) is 13.0 Å². The molecule has 7 heteroatoms. The quantitative estimate of drug-likeness (QED) is 0.746. The fourth-order valence-electron chi connectivity index (χ4n) is 2.55. The van der Waals surface area contributed by atoms with Crippen LogP contribution in [0.4, 0.5) is 30.6 Å². The van der Waals surface area contributed by atoms with Gasteiger partial charge in [-0.2, -0.15) is 18.2 Å². The average Bonchev–Trinajstić information content (AvgIpc) is 2.53. The van der Waals surface area contributed by atoms with Crippen LogP contribution in [0.5, 0.6) is 0 Å². The molecule has 0 atom stereocenters. The van der Waals surface area contributed by atoms with Crippen molar-refractivity contribution >= 4 is 17.5 Å². The third-order valence-corrected chi connectivity index (χ3v) is 3.60. The SMILES string of the molecule is CCCN(CCC)c1cc(C)nc(Nc2cccc(C(F)(F)F)c2)n1. The Hall–Kier alpha value is -2.31. The Morgan fingerprint density at radius 1 is 1.04 bits per heavy atom. The third-order valence-electron chi connectivity index (χ3n) is 3.60. The minimum Gasteiger partial charge on any atom is -0.356 e. The molecular formula is C18H23F3N4. The van der Waals surface area contributed by atoms with Gasteiger partial charge in [0, 0.05) is 30.5 Å². The summed E-state index contributed by atoms with van der Waals surface area (Å²) >= 11 is 0. The number of nitrogens with zero attached hydrogens (tertiary/aromatic N) is 3. The predicted octanol–water partition coefficient (Wildman–Crippen LogP) is 5.17. The Morgan fingerprint density at radius 3 is 2.32 bits per heavy atom. The van der Waals surface area contributed by atoms with Crippen LogP contribution >= 0.6 is 0 Å². The molecule has 25 heavy (non-hydrogen) atoms. The van der Waals surface area contributed by atoms with Gasteiger partial charge in [0.2, 0.25) is 5.95 Å². The number of aromatic nitrogens is 2. The van der Waals surface area contributed by atoms with Crippen LogP contribution < -0.4 is 10.2 Å². The van der Waals surface area contributed by atoms with Crippen molar-refractivity contribution in [2.45, 2.75) is 39.8 Å². The summed E-state index contributed by atoms with van der Waals surface area (Å²) in [6, 6.07) is 6.92. The number of hydrogen-bond donors (Lipinski definition) is 1. The summed E-state index contributed by atoms with van der Waals surface area (Å²) in [5.41, 5.74) is 0.365. The van der Waals surface area contributed by atoms with Crippen molar-refractivity contribution in [1.29, 1.82) is 0 Å². The fraction of sp³-hybridized carbons (Fsp3) is 0.444. The van der Waals surface area contributed by atoms with Gasteiger partial charge in [-0.15, -0.1) is 0 Å². The maximum atomic E-state index is 12.8. The zero-order chi connectivity index (χ0) is 18.4. The van der Waals surface area contributed by atoms with E-state index in [0.717, 1.165) is 49.6 Å². The highest BCUT2D eigenvalue weighted by Gasteiger charge is 2.30. The number of alkyl halides is 3. The Bertz CT molecular complexity index is 695. The Balaban J connectivity index is 2.28. The molecular weight excluding hydrogens is 329 g/mol. The van der Waals surface area contributed by atoms with E-state index < -0.39 is 11.7 Å². The summed E-state index contributed by atoms with van der Waals surface area (Å²) in [4.78, 5) is 10.9. The Labute approximate surface area is 146 Å². The Morgan fingerprint density at radius 2 is 1.72 bits per heavy atom. The molecule has 0 bridgehead atoms. The number of rotatable bonds is 7. The van der Waals surface area contributed by atoms with E-state index in [2.05, 4.69) is 34.0 Å². The van der Waals surface area contributed by atoms with Crippen LogP contribution in [0.2, 0.25) is 0 Å². The van der Waals surface area contributed by atoms with E-state index in [9.17, 15) is 13.2 Å². The first-order valence-electron chi connectivity index (χ1n) is 8.38. The molecule has 0 aliphatic rings. The largest absolute Gasteiger partial charge is 0.416 e. The van der Waals surface area contributed by atoms with E-state index in [1.165, 1.54) is 6.07 Å². The Kier molecular flexibility index (Phi) is 6.22. The van der Waals surface area contributed by atoms with Crippen molar-refractivity contribution in [2.75, 3.05) is 23.3 Å². The lowest BCUT2D eigenvalue weighted by Gasteiger charge is -2.23. The first kappa shape index (κ1) is 19.0. The minimum atomic E-state index is -4.38. The van der Waals surface area contributed by atoms with Gasteiger partial charge in [0.15, 0.2) is 0 Å². The second kappa shape index (κ2) is 8.18. The molecule has 0 spiro atoms.